The molecule has 6 nitrogen and oxygen atoms in total. The maximum atomic E-state index is 12.1. The maximum absolute atomic E-state index is 12.1. The first-order valence-corrected chi connectivity index (χ1v) is 9.93. The van der Waals surface area contributed by atoms with E-state index < -0.39 is 10.0 Å². The number of carbonyl (C=O) groups is 1. The lowest BCUT2D eigenvalue weighted by Crippen LogP contribution is -2.40. The van der Waals surface area contributed by atoms with Gasteiger partial charge in [0.2, 0.25) is 15.9 Å². The van der Waals surface area contributed by atoms with Crippen LogP contribution in [-0.4, -0.2) is 43.0 Å². The highest BCUT2D eigenvalue weighted by molar-refractivity contribution is 7.88. The summed E-state index contributed by atoms with van der Waals surface area (Å²) in [6.07, 6.45) is 9.79. The van der Waals surface area contributed by atoms with Crippen LogP contribution in [0.5, 0.6) is 0 Å². The lowest BCUT2D eigenvalue weighted by atomic mass is 9.89. The average molecular weight is 339 g/mol. The third-order valence-corrected chi connectivity index (χ3v) is 5.44. The van der Waals surface area contributed by atoms with Crippen LogP contribution in [0.25, 0.3) is 0 Å². The summed E-state index contributed by atoms with van der Waals surface area (Å²) < 4.78 is 25.2. The molecule has 0 bridgehead atoms. The molecule has 128 valence electrons. The number of amides is 1. The van der Waals surface area contributed by atoms with Crippen molar-refractivity contribution >= 4 is 15.9 Å². The molecule has 0 aliphatic heterocycles. The molecule has 0 saturated heterocycles. The van der Waals surface area contributed by atoms with Gasteiger partial charge >= 0.3 is 0 Å². The van der Waals surface area contributed by atoms with Crippen LogP contribution in [0, 0.1) is 5.92 Å². The van der Waals surface area contributed by atoms with E-state index in [1.807, 2.05) is 6.07 Å². The number of sulfonamides is 1. The molecule has 2 rings (SSSR count). The van der Waals surface area contributed by atoms with Crippen LogP contribution in [-0.2, 0) is 21.4 Å². The summed E-state index contributed by atoms with van der Waals surface area (Å²) in [4.78, 5) is 16.1. The van der Waals surface area contributed by atoms with Gasteiger partial charge in [-0.15, -0.1) is 0 Å². The molecule has 1 fully saturated rings. The van der Waals surface area contributed by atoms with Gasteiger partial charge in [0.1, 0.15) is 0 Å². The normalized spacial score (nSPS) is 16.4. The van der Waals surface area contributed by atoms with Crippen LogP contribution in [0.1, 0.15) is 37.7 Å². The van der Waals surface area contributed by atoms with E-state index in [0.29, 0.717) is 6.54 Å². The van der Waals surface area contributed by atoms with Gasteiger partial charge < -0.3 is 5.32 Å². The van der Waals surface area contributed by atoms with E-state index in [4.69, 9.17) is 0 Å². The largest absolute Gasteiger partial charge is 0.355 e. The summed E-state index contributed by atoms with van der Waals surface area (Å²) in [6.45, 7) is 0.876. The van der Waals surface area contributed by atoms with E-state index in [1.54, 1.807) is 18.5 Å². The fourth-order valence-corrected chi connectivity index (χ4v) is 3.68. The summed E-state index contributed by atoms with van der Waals surface area (Å²) in [5, 5.41) is 2.88. The third kappa shape index (κ3) is 5.91. The Morgan fingerprint density at radius 2 is 2.09 bits per heavy atom. The van der Waals surface area contributed by atoms with Crippen LogP contribution in [0.2, 0.25) is 0 Å². The highest BCUT2D eigenvalue weighted by atomic mass is 32.2. The summed E-state index contributed by atoms with van der Waals surface area (Å²) in [7, 11) is -3.33. The maximum Gasteiger partial charge on any atom is 0.223 e. The van der Waals surface area contributed by atoms with Gasteiger partial charge in [-0.25, -0.2) is 8.42 Å². The summed E-state index contributed by atoms with van der Waals surface area (Å²) >= 11 is 0. The fraction of sp³-hybridized carbons (Fsp3) is 0.625. The number of nitrogens with zero attached hydrogens (tertiary/aromatic N) is 2. The van der Waals surface area contributed by atoms with Gasteiger partial charge in [-0.1, -0.05) is 25.3 Å². The number of nitrogens with one attached hydrogen (secondary N) is 1. The second kappa shape index (κ2) is 8.40. The molecular weight excluding hydrogens is 314 g/mol. The lowest BCUT2D eigenvalue weighted by molar-refractivity contribution is -0.125. The van der Waals surface area contributed by atoms with E-state index in [2.05, 4.69) is 10.3 Å². The van der Waals surface area contributed by atoms with Crippen LogP contribution in [0.4, 0.5) is 0 Å². The number of hydrogen-bond donors (Lipinski definition) is 1. The predicted molar refractivity (Wildman–Crippen MR) is 89.1 cm³/mol. The third-order valence-electron chi connectivity index (χ3n) is 4.19. The first kappa shape index (κ1) is 17.9. The van der Waals surface area contributed by atoms with Gasteiger partial charge in [0.25, 0.3) is 0 Å². The SMILES string of the molecule is CS(=O)(=O)N(CCNC(=O)C1CCCCC1)Cc1cccnc1. The van der Waals surface area contributed by atoms with Crippen molar-refractivity contribution in [2.45, 2.75) is 38.6 Å². The number of rotatable bonds is 7. The second-order valence-electron chi connectivity index (χ2n) is 6.08. The van der Waals surface area contributed by atoms with E-state index in [0.717, 1.165) is 31.2 Å². The minimum absolute atomic E-state index is 0.0551. The zero-order valence-electron chi connectivity index (χ0n) is 13.6. The first-order valence-electron chi connectivity index (χ1n) is 8.08. The smallest absolute Gasteiger partial charge is 0.223 e. The van der Waals surface area contributed by atoms with E-state index in [1.165, 1.54) is 17.0 Å². The minimum Gasteiger partial charge on any atom is -0.355 e. The molecule has 1 N–H and O–H groups in total. The molecule has 1 aromatic heterocycles. The molecule has 0 aromatic carbocycles. The molecule has 23 heavy (non-hydrogen) atoms. The van der Waals surface area contributed by atoms with Gasteiger partial charge in [-0.3, -0.25) is 9.78 Å². The van der Waals surface area contributed by atoms with E-state index in [9.17, 15) is 13.2 Å². The lowest BCUT2D eigenvalue weighted by Gasteiger charge is -2.23. The summed E-state index contributed by atoms with van der Waals surface area (Å²) in [5.41, 5.74) is 0.830. The molecule has 1 saturated carbocycles. The van der Waals surface area contributed by atoms with Crippen LogP contribution in [0.3, 0.4) is 0 Å². The fourth-order valence-electron chi connectivity index (χ4n) is 2.87. The number of aromatic nitrogens is 1. The first-order chi connectivity index (χ1) is 11.0. The van der Waals surface area contributed by atoms with Gasteiger partial charge in [0, 0.05) is 37.9 Å². The summed E-state index contributed by atoms with van der Waals surface area (Å²) in [5.74, 6) is 0.147. The van der Waals surface area contributed by atoms with Crippen molar-refractivity contribution in [3.05, 3.63) is 30.1 Å². The van der Waals surface area contributed by atoms with Crippen LogP contribution < -0.4 is 5.32 Å². The number of pyridine rings is 1. The Morgan fingerprint density at radius 1 is 1.35 bits per heavy atom. The number of carbonyl (C=O) groups excluding carboxylic acids is 1. The summed E-state index contributed by atoms with van der Waals surface area (Å²) in [6, 6.07) is 3.62. The molecule has 1 amide bonds. The van der Waals surface area contributed by atoms with Gasteiger partial charge in [-0.05, 0) is 24.5 Å². The molecule has 1 heterocycles. The van der Waals surface area contributed by atoms with Crippen molar-refractivity contribution in [2.24, 2.45) is 5.92 Å². The van der Waals surface area contributed by atoms with E-state index in [-0.39, 0.29) is 24.9 Å². The molecule has 1 aliphatic rings. The predicted octanol–water partition coefficient (Wildman–Crippen LogP) is 1.54. The zero-order chi connectivity index (χ0) is 16.7. The molecule has 0 radical (unpaired) electrons. The molecule has 0 spiro atoms. The van der Waals surface area contributed by atoms with Crippen molar-refractivity contribution in [1.29, 1.82) is 0 Å². The Morgan fingerprint density at radius 3 is 2.70 bits per heavy atom. The monoisotopic (exact) mass is 339 g/mol. The van der Waals surface area contributed by atoms with Gasteiger partial charge in [0.15, 0.2) is 0 Å². The Kier molecular flexibility index (Phi) is 6.53. The van der Waals surface area contributed by atoms with Crippen molar-refractivity contribution in [2.75, 3.05) is 19.3 Å². The van der Waals surface area contributed by atoms with Gasteiger partial charge in [0.05, 0.1) is 6.26 Å². The second-order valence-corrected chi connectivity index (χ2v) is 8.07. The Labute approximate surface area is 138 Å². The molecule has 0 unspecified atom stereocenters. The molecular formula is C16H25N3O3S. The highest BCUT2D eigenvalue weighted by Crippen LogP contribution is 2.23. The van der Waals surface area contributed by atoms with Crippen LogP contribution >= 0.6 is 0 Å². The molecule has 1 aromatic rings. The molecule has 0 atom stereocenters. The Bertz CT molecular complexity index is 598. The standard InChI is InChI=1S/C16H25N3O3S/c1-23(21,22)19(13-14-6-5-9-17-12-14)11-10-18-16(20)15-7-3-2-4-8-15/h5-6,9,12,15H,2-4,7-8,10-11,13H2,1H3,(H,18,20). The van der Waals surface area contributed by atoms with Crippen molar-refractivity contribution < 1.29 is 13.2 Å². The Hall–Kier alpha value is -1.47. The van der Waals surface area contributed by atoms with E-state index >= 15 is 0 Å². The van der Waals surface area contributed by atoms with Crippen LogP contribution in [0.15, 0.2) is 24.5 Å². The topological polar surface area (TPSA) is 79.4 Å². The minimum atomic E-state index is -3.33. The average Bonchev–Trinajstić information content (AvgIpc) is 2.54. The zero-order valence-corrected chi connectivity index (χ0v) is 14.4. The van der Waals surface area contributed by atoms with Crippen molar-refractivity contribution in [1.82, 2.24) is 14.6 Å². The van der Waals surface area contributed by atoms with Gasteiger partial charge in [-0.2, -0.15) is 4.31 Å². The quantitative estimate of drug-likeness (QED) is 0.817. The Balaban J connectivity index is 1.85. The highest BCUT2D eigenvalue weighted by Gasteiger charge is 2.22. The molecule has 1 aliphatic carbocycles. The molecule has 7 heteroatoms. The van der Waals surface area contributed by atoms with Crippen molar-refractivity contribution in [3.8, 4) is 0 Å². The number of hydrogen-bond acceptors (Lipinski definition) is 4. The van der Waals surface area contributed by atoms with Crippen molar-refractivity contribution in [3.63, 3.8) is 0 Å².